The van der Waals surface area contributed by atoms with Crippen molar-refractivity contribution >= 4 is 27.5 Å². The Labute approximate surface area is 102 Å². The smallest absolute Gasteiger partial charge is 0.258 e. The van der Waals surface area contributed by atoms with Gasteiger partial charge in [0, 0.05) is 10.2 Å². The van der Waals surface area contributed by atoms with E-state index in [1.807, 2.05) is 25.1 Å². The fourth-order valence-corrected chi connectivity index (χ4v) is 1.65. The topological polar surface area (TPSA) is 42.2 Å². The molecule has 2 rings (SSSR count). The van der Waals surface area contributed by atoms with Crippen molar-refractivity contribution in [1.82, 2.24) is 0 Å². The van der Waals surface area contributed by atoms with Gasteiger partial charge in [0.25, 0.3) is 5.91 Å². The highest BCUT2D eigenvalue weighted by Gasteiger charge is 2.07. The second kappa shape index (κ2) is 4.53. The zero-order valence-electron chi connectivity index (χ0n) is 8.66. The molecule has 1 aromatic carbocycles. The van der Waals surface area contributed by atoms with Crippen molar-refractivity contribution in [2.45, 2.75) is 6.92 Å². The van der Waals surface area contributed by atoms with Crippen LogP contribution in [0, 0.1) is 6.92 Å². The van der Waals surface area contributed by atoms with Crippen LogP contribution in [0.2, 0.25) is 0 Å². The molecule has 3 nitrogen and oxygen atoms in total. The molecule has 0 aliphatic carbocycles. The van der Waals surface area contributed by atoms with Gasteiger partial charge in [-0.3, -0.25) is 4.79 Å². The first kappa shape index (κ1) is 11.0. The molecule has 0 aliphatic heterocycles. The molecule has 0 radical (unpaired) electrons. The first-order valence-corrected chi connectivity index (χ1v) is 5.56. The highest BCUT2D eigenvalue weighted by Crippen LogP contribution is 2.21. The number of aryl methyl sites for hydroxylation is 1. The predicted molar refractivity (Wildman–Crippen MR) is 65.5 cm³/mol. The van der Waals surface area contributed by atoms with Gasteiger partial charge in [0.1, 0.15) is 6.26 Å². The zero-order valence-corrected chi connectivity index (χ0v) is 10.2. The van der Waals surface area contributed by atoms with Gasteiger partial charge in [-0.2, -0.15) is 0 Å². The Balaban J connectivity index is 2.15. The van der Waals surface area contributed by atoms with Crippen LogP contribution >= 0.6 is 15.9 Å². The minimum atomic E-state index is -0.176. The molecule has 0 saturated carbocycles. The molecule has 0 saturated heterocycles. The number of halogens is 1. The van der Waals surface area contributed by atoms with Gasteiger partial charge >= 0.3 is 0 Å². The number of furan rings is 1. The molecular weight excluding hydrogens is 270 g/mol. The maximum atomic E-state index is 11.7. The summed E-state index contributed by atoms with van der Waals surface area (Å²) in [6.07, 6.45) is 2.89. The molecule has 1 amide bonds. The van der Waals surface area contributed by atoms with Crippen LogP contribution in [0.4, 0.5) is 5.69 Å². The van der Waals surface area contributed by atoms with Crippen molar-refractivity contribution in [3.05, 3.63) is 52.4 Å². The number of benzene rings is 1. The number of rotatable bonds is 2. The first-order chi connectivity index (χ1) is 7.66. The molecule has 1 heterocycles. The second-order valence-electron chi connectivity index (χ2n) is 3.43. The van der Waals surface area contributed by atoms with Gasteiger partial charge in [-0.1, -0.05) is 22.0 Å². The normalized spacial score (nSPS) is 10.1. The van der Waals surface area contributed by atoms with Gasteiger partial charge < -0.3 is 9.73 Å². The van der Waals surface area contributed by atoms with Gasteiger partial charge in [-0.05, 0) is 30.7 Å². The Bertz CT molecular complexity index is 506. The van der Waals surface area contributed by atoms with Crippen LogP contribution in [-0.4, -0.2) is 5.91 Å². The van der Waals surface area contributed by atoms with E-state index < -0.39 is 0 Å². The fraction of sp³-hybridized carbons (Fsp3) is 0.0833. The Morgan fingerprint density at radius 1 is 1.38 bits per heavy atom. The summed E-state index contributed by atoms with van der Waals surface area (Å²) in [6.45, 7) is 1.99. The molecule has 0 fully saturated rings. The summed E-state index contributed by atoms with van der Waals surface area (Å²) < 4.78 is 5.82. The van der Waals surface area contributed by atoms with Crippen LogP contribution in [0.25, 0.3) is 0 Å². The Kier molecular flexibility index (Phi) is 3.10. The van der Waals surface area contributed by atoms with E-state index in [1.165, 1.54) is 12.5 Å². The molecule has 82 valence electrons. The lowest BCUT2D eigenvalue weighted by molar-refractivity contribution is 0.102. The maximum absolute atomic E-state index is 11.7. The SMILES string of the molecule is Cc1ccc(NC(=O)c2ccoc2)cc1Br. The largest absolute Gasteiger partial charge is 0.472 e. The third kappa shape index (κ3) is 2.33. The van der Waals surface area contributed by atoms with E-state index in [0.29, 0.717) is 5.56 Å². The van der Waals surface area contributed by atoms with E-state index in [1.54, 1.807) is 6.07 Å². The third-order valence-electron chi connectivity index (χ3n) is 2.21. The summed E-state index contributed by atoms with van der Waals surface area (Å²) >= 11 is 3.41. The molecule has 0 spiro atoms. The van der Waals surface area contributed by atoms with Crippen molar-refractivity contribution in [3.8, 4) is 0 Å². The standard InChI is InChI=1S/C12H10BrNO2/c1-8-2-3-10(6-11(8)13)14-12(15)9-4-5-16-7-9/h2-7H,1H3,(H,14,15). The molecule has 1 N–H and O–H groups in total. The number of hydrogen-bond acceptors (Lipinski definition) is 2. The molecule has 0 bridgehead atoms. The second-order valence-corrected chi connectivity index (χ2v) is 4.28. The van der Waals surface area contributed by atoms with Gasteiger partial charge in [-0.15, -0.1) is 0 Å². The summed E-state index contributed by atoms with van der Waals surface area (Å²) in [5, 5.41) is 2.78. The maximum Gasteiger partial charge on any atom is 0.258 e. The summed E-state index contributed by atoms with van der Waals surface area (Å²) in [5.74, 6) is -0.176. The van der Waals surface area contributed by atoms with Crippen LogP contribution in [0.5, 0.6) is 0 Å². The monoisotopic (exact) mass is 279 g/mol. The zero-order chi connectivity index (χ0) is 11.5. The van der Waals surface area contributed by atoms with Gasteiger partial charge in [0.05, 0.1) is 11.8 Å². The lowest BCUT2D eigenvalue weighted by Gasteiger charge is -2.05. The number of carbonyl (C=O) groups excluding carboxylic acids is 1. The van der Waals surface area contributed by atoms with Crippen molar-refractivity contribution in [2.24, 2.45) is 0 Å². The van der Waals surface area contributed by atoms with Crippen molar-refractivity contribution in [2.75, 3.05) is 5.32 Å². The van der Waals surface area contributed by atoms with Gasteiger partial charge in [0.15, 0.2) is 0 Å². The Morgan fingerprint density at radius 2 is 2.19 bits per heavy atom. The Hall–Kier alpha value is -1.55. The molecule has 0 atom stereocenters. The number of hydrogen-bond donors (Lipinski definition) is 1. The number of amides is 1. The predicted octanol–water partition coefficient (Wildman–Crippen LogP) is 3.60. The van der Waals surface area contributed by atoms with E-state index in [4.69, 9.17) is 4.42 Å². The number of carbonyl (C=O) groups is 1. The molecule has 0 unspecified atom stereocenters. The van der Waals surface area contributed by atoms with Crippen LogP contribution in [0.1, 0.15) is 15.9 Å². The molecule has 1 aromatic heterocycles. The summed E-state index contributed by atoms with van der Waals surface area (Å²) in [4.78, 5) is 11.7. The minimum Gasteiger partial charge on any atom is -0.472 e. The molecule has 16 heavy (non-hydrogen) atoms. The number of anilines is 1. The fourth-order valence-electron chi connectivity index (χ4n) is 1.27. The summed E-state index contributed by atoms with van der Waals surface area (Å²) in [7, 11) is 0. The van der Waals surface area contributed by atoms with Crippen LogP contribution < -0.4 is 5.32 Å². The molecule has 4 heteroatoms. The lowest BCUT2D eigenvalue weighted by atomic mass is 10.2. The van der Waals surface area contributed by atoms with Crippen LogP contribution in [0.3, 0.4) is 0 Å². The average molecular weight is 280 g/mol. The lowest BCUT2D eigenvalue weighted by Crippen LogP contribution is -2.10. The van der Waals surface area contributed by atoms with E-state index in [0.717, 1.165) is 15.7 Å². The summed E-state index contributed by atoms with van der Waals surface area (Å²) in [6, 6.07) is 7.29. The van der Waals surface area contributed by atoms with Crippen molar-refractivity contribution in [1.29, 1.82) is 0 Å². The third-order valence-corrected chi connectivity index (χ3v) is 3.07. The average Bonchev–Trinajstić information content (AvgIpc) is 2.77. The van der Waals surface area contributed by atoms with E-state index in [9.17, 15) is 4.79 Å². The van der Waals surface area contributed by atoms with Gasteiger partial charge in [0.2, 0.25) is 0 Å². The van der Waals surface area contributed by atoms with Crippen LogP contribution in [0.15, 0.2) is 45.7 Å². The molecule has 0 aliphatic rings. The number of nitrogens with one attached hydrogen (secondary N) is 1. The molecule has 2 aromatic rings. The Morgan fingerprint density at radius 3 is 2.81 bits per heavy atom. The highest BCUT2D eigenvalue weighted by atomic mass is 79.9. The highest BCUT2D eigenvalue weighted by molar-refractivity contribution is 9.10. The van der Waals surface area contributed by atoms with Crippen molar-refractivity contribution < 1.29 is 9.21 Å². The van der Waals surface area contributed by atoms with Gasteiger partial charge in [-0.25, -0.2) is 0 Å². The first-order valence-electron chi connectivity index (χ1n) is 4.76. The molecular formula is C12H10BrNO2. The van der Waals surface area contributed by atoms with E-state index in [2.05, 4.69) is 21.2 Å². The van der Waals surface area contributed by atoms with Crippen molar-refractivity contribution in [3.63, 3.8) is 0 Å². The van der Waals surface area contributed by atoms with E-state index in [-0.39, 0.29) is 5.91 Å². The van der Waals surface area contributed by atoms with E-state index >= 15 is 0 Å². The quantitative estimate of drug-likeness (QED) is 0.913. The minimum absolute atomic E-state index is 0.176. The summed E-state index contributed by atoms with van der Waals surface area (Å²) in [5.41, 5.74) is 2.39. The van der Waals surface area contributed by atoms with Crippen LogP contribution in [-0.2, 0) is 0 Å².